The molecule has 0 aliphatic rings. The summed E-state index contributed by atoms with van der Waals surface area (Å²) in [5.74, 6) is 0.896. The molecule has 0 saturated heterocycles. The van der Waals surface area contributed by atoms with Gasteiger partial charge in [-0.15, -0.1) is 4.98 Å². The van der Waals surface area contributed by atoms with Crippen LogP contribution in [0.1, 0.15) is 5.56 Å². The van der Waals surface area contributed by atoms with Crippen LogP contribution in [0.3, 0.4) is 0 Å². The van der Waals surface area contributed by atoms with E-state index in [4.69, 9.17) is 14.2 Å². The molecule has 0 spiro atoms. The quantitative estimate of drug-likeness (QED) is 0.833. The highest BCUT2D eigenvalue weighted by molar-refractivity contribution is 5.33. The Labute approximate surface area is 116 Å². The van der Waals surface area contributed by atoms with Crippen LogP contribution in [0.4, 0.5) is 5.95 Å². The van der Waals surface area contributed by atoms with Crippen molar-refractivity contribution >= 4 is 5.95 Å². The number of aromatic nitrogens is 4. The molecular weight excluding hydrogens is 262 g/mol. The molecule has 0 amide bonds. The van der Waals surface area contributed by atoms with Crippen LogP contribution in [0, 0.1) is 0 Å². The number of nitrogens with zero attached hydrogens (tertiary/aromatic N) is 4. The zero-order valence-corrected chi connectivity index (χ0v) is 11.5. The van der Waals surface area contributed by atoms with Crippen LogP contribution < -0.4 is 19.5 Å². The van der Waals surface area contributed by atoms with Crippen molar-refractivity contribution in [2.45, 2.75) is 6.54 Å². The van der Waals surface area contributed by atoms with Crippen molar-refractivity contribution in [1.29, 1.82) is 0 Å². The van der Waals surface area contributed by atoms with Crippen molar-refractivity contribution in [2.75, 3.05) is 26.6 Å². The summed E-state index contributed by atoms with van der Waals surface area (Å²) in [4.78, 5) is 16.2. The molecule has 2 rings (SSSR count). The van der Waals surface area contributed by atoms with Crippen LogP contribution in [0.5, 0.6) is 17.9 Å². The number of anilines is 1. The minimum Gasteiger partial charge on any atom is -0.481 e. The van der Waals surface area contributed by atoms with Gasteiger partial charge in [-0.25, -0.2) is 4.98 Å². The topological polar surface area (TPSA) is 91.3 Å². The van der Waals surface area contributed by atoms with Crippen LogP contribution in [0.15, 0.2) is 18.3 Å². The van der Waals surface area contributed by atoms with Gasteiger partial charge in [-0.05, 0) is 6.07 Å². The number of nitrogens with one attached hydrogen (secondary N) is 1. The normalized spacial score (nSPS) is 9.95. The second-order valence-corrected chi connectivity index (χ2v) is 3.66. The van der Waals surface area contributed by atoms with E-state index in [9.17, 15) is 0 Å². The molecule has 2 aromatic rings. The SMILES string of the molecule is COc1nc(NCc2cccnc2OC)nc(OC)n1. The fourth-order valence-corrected chi connectivity index (χ4v) is 1.52. The van der Waals surface area contributed by atoms with E-state index < -0.39 is 0 Å². The van der Waals surface area contributed by atoms with Crippen LogP contribution in [0.25, 0.3) is 0 Å². The Hall–Kier alpha value is -2.64. The number of hydrogen-bond donors (Lipinski definition) is 1. The maximum Gasteiger partial charge on any atom is 0.324 e. The van der Waals surface area contributed by atoms with Gasteiger partial charge in [0.1, 0.15) is 0 Å². The molecule has 0 aliphatic carbocycles. The zero-order chi connectivity index (χ0) is 14.4. The molecule has 106 valence electrons. The van der Waals surface area contributed by atoms with E-state index >= 15 is 0 Å². The average molecular weight is 277 g/mol. The van der Waals surface area contributed by atoms with Gasteiger partial charge in [-0.3, -0.25) is 0 Å². The standard InChI is InChI=1S/C12H15N5O3/c1-18-9-8(5-4-6-13-9)7-14-10-15-11(19-2)17-12(16-10)20-3/h4-6H,7H2,1-3H3,(H,14,15,16,17). The van der Waals surface area contributed by atoms with Crippen molar-refractivity contribution in [2.24, 2.45) is 0 Å². The molecule has 0 aromatic carbocycles. The summed E-state index contributed by atoms with van der Waals surface area (Å²) in [6.07, 6.45) is 1.66. The molecule has 0 aliphatic heterocycles. The third-order valence-corrected chi connectivity index (χ3v) is 2.44. The number of pyridine rings is 1. The maximum atomic E-state index is 5.17. The molecule has 20 heavy (non-hydrogen) atoms. The summed E-state index contributed by atoms with van der Waals surface area (Å²) < 4.78 is 15.1. The molecule has 0 atom stereocenters. The van der Waals surface area contributed by atoms with Crippen LogP contribution >= 0.6 is 0 Å². The second-order valence-electron chi connectivity index (χ2n) is 3.66. The molecular formula is C12H15N5O3. The van der Waals surface area contributed by atoms with Gasteiger partial charge >= 0.3 is 12.0 Å². The van der Waals surface area contributed by atoms with E-state index in [1.54, 1.807) is 13.3 Å². The first-order valence-electron chi connectivity index (χ1n) is 5.82. The molecule has 0 unspecified atom stereocenters. The van der Waals surface area contributed by atoms with Gasteiger partial charge in [-0.2, -0.15) is 9.97 Å². The minimum absolute atomic E-state index is 0.178. The summed E-state index contributed by atoms with van der Waals surface area (Å²) in [5.41, 5.74) is 0.883. The lowest BCUT2D eigenvalue weighted by atomic mass is 10.3. The molecule has 0 bridgehead atoms. The van der Waals surface area contributed by atoms with Gasteiger partial charge < -0.3 is 19.5 Å². The van der Waals surface area contributed by atoms with Crippen molar-refractivity contribution < 1.29 is 14.2 Å². The Bertz CT molecular complexity index is 557. The maximum absolute atomic E-state index is 5.17. The number of rotatable bonds is 6. The molecule has 2 heterocycles. The van der Waals surface area contributed by atoms with Gasteiger partial charge in [-0.1, -0.05) is 6.07 Å². The lowest BCUT2D eigenvalue weighted by Gasteiger charge is -2.09. The molecule has 8 nitrogen and oxygen atoms in total. The third-order valence-electron chi connectivity index (χ3n) is 2.44. The van der Waals surface area contributed by atoms with Crippen LogP contribution in [0.2, 0.25) is 0 Å². The average Bonchev–Trinajstić information content (AvgIpc) is 2.52. The van der Waals surface area contributed by atoms with E-state index in [0.717, 1.165) is 5.56 Å². The smallest absolute Gasteiger partial charge is 0.324 e. The molecule has 1 N–H and O–H groups in total. The zero-order valence-electron chi connectivity index (χ0n) is 11.5. The Morgan fingerprint density at radius 3 is 2.30 bits per heavy atom. The highest BCUT2D eigenvalue weighted by Gasteiger charge is 2.08. The molecule has 0 radical (unpaired) electrons. The van der Waals surface area contributed by atoms with Gasteiger partial charge in [0.25, 0.3) is 0 Å². The van der Waals surface area contributed by atoms with Crippen LogP contribution in [-0.2, 0) is 6.54 Å². The first-order valence-corrected chi connectivity index (χ1v) is 5.82. The Kier molecular flexibility index (Phi) is 4.48. The van der Waals surface area contributed by atoms with E-state index in [0.29, 0.717) is 18.4 Å². The van der Waals surface area contributed by atoms with Gasteiger partial charge in [0.15, 0.2) is 0 Å². The van der Waals surface area contributed by atoms with E-state index in [2.05, 4.69) is 25.3 Å². The van der Waals surface area contributed by atoms with Gasteiger partial charge in [0, 0.05) is 18.3 Å². The Morgan fingerprint density at radius 2 is 1.70 bits per heavy atom. The summed E-state index contributed by atoms with van der Waals surface area (Å²) in [6, 6.07) is 4.08. The molecule has 2 aromatic heterocycles. The second kappa shape index (κ2) is 6.50. The lowest BCUT2D eigenvalue weighted by Crippen LogP contribution is -2.08. The summed E-state index contributed by atoms with van der Waals surface area (Å²) in [7, 11) is 4.52. The lowest BCUT2D eigenvalue weighted by molar-refractivity contribution is 0.341. The fraction of sp³-hybridized carbons (Fsp3) is 0.333. The van der Waals surface area contributed by atoms with Crippen LogP contribution in [-0.4, -0.2) is 41.3 Å². The first-order chi connectivity index (χ1) is 9.76. The van der Waals surface area contributed by atoms with Gasteiger partial charge in [0.05, 0.1) is 21.3 Å². The monoisotopic (exact) mass is 277 g/mol. The number of methoxy groups -OCH3 is 3. The highest BCUT2D eigenvalue weighted by Crippen LogP contribution is 2.16. The first kappa shape index (κ1) is 13.8. The summed E-state index contributed by atoms with van der Waals surface area (Å²) in [5, 5.41) is 3.04. The largest absolute Gasteiger partial charge is 0.481 e. The third kappa shape index (κ3) is 3.22. The fourth-order valence-electron chi connectivity index (χ4n) is 1.52. The van der Waals surface area contributed by atoms with E-state index in [1.807, 2.05) is 12.1 Å². The number of ether oxygens (including phenoxy) is 3. The van der Waals surface area contributed by atoms with Crippen molar-refractivity contribution in [3.05, 3.63) is 23.9 Å². The predicted octanol–water partition coefficient (Wildman–Crippen LogP) is 0.904. The minimum atomic E-state index is 0.178. The summed E-state index contributed by atoms with van der Waals surface area (Å²) in [6.45, 7) is 0.452. The van der Waals surface area contributed by atoms with Crippen molar-refractivity contribution in [1.82, 2.24) is 19.9 Å². The van der Waals surface area contributed by atoms with Crippen molar-refractivity contribution in [3.63, 3.8) is 0 Å². The van der Waals surface area contributed by atoms with E-state index in [-0.39, 0.29) is 12.0 Å². The van der Waals surface area contributed by atoms with Crippen molar-refractivity contribution in [3.8, 4) is 17.9 Å². The predicted molar refractivity (Wildman–Crippen MR) is 71.0 cm³/mol. The number of hydrogen-bond acceptors (Lipinski definition) is 8. The Balaban J connectivity index is 2.14. The highest BCUT2D eigenvalue weighted by atomic mass is 16.5. The molecule has 0 saturated carbocycles. The molecule has 8 heteroatoms. The Morgan fingerprint density at radius 1 is 1.00 bits per heavy atom. The molecule has 0 fully saturated rings. The van der Waals surface area contributed by atoms with E-state index in [1.165, 1.54) is 14.2 Å². The van der Waals surface area contributed by atoms with Gasteiger partial charge in [0.2, 0.25) is 11.8 Å². The summed E-state index contributed by atoms with van der Waals surface area (Å²) >= 11 is 0.